The normalized spacial score (nSPS) is 15.9. The number of nitrogens with zero attached hydrogens (tertiary/aromatic N) is 2. The van der Waals surface area contributed by atoms with Gasteiger partial charge in [-0.1, -0.05) is 30.3 Å². The van der Waals surface area contributed by atoms with Gasteiger partial charge in [-0.25, -0.2) is 0 Å². The van der Waals surface area contributed by atoms with Crippen LogP contribution < -0.4 is 5.32 Å². The average Bonchev–Trinajstić information content (AvgIpc) is 3.07. The van der Waals surface area contributed by atoms with Crippen molar-refractivity contribution in [3.05, 3.63) is 95.2 Å². The summed E-state index contributed by atoms with van der Waals surface area (Å²) in [5.41, 5.74) is 2.95. The highest BCUT2D eigenvalue weighted by atomic mass is 32.2. The third-order valence-electron chi connectivity index (χ3n) is 4.83. The topological polar surface area (TPSA) is 79.4 Å². The molecule has 1 aliphatic heterocycles. The van der Waals surface area contributed by atoms with E-state index in [4.69, 9.17) is 0 Å². The van der Waals surface area contributed by atoms with Crippen LogP contribution in [0, 0.1) is 0 Å². The largest absolute Gasteiger partial charge is 0.355 e. The Morgan fingerprint density at radius 3 is 2.29 bits per heavy atom. The zero-order valence-electron chi connectivity index (χ0n) is 16.7. The molecule has 154 valence electrons. The molecule has 1 aromatic heterocycles. The van der Waals surface area contributed by atoms with E-state index >= 15 is 0 Å². The Morgan fingerprint density at radius 1 is 0.968 bits per heavy atom. The van der Waals surface area contributed by atoms with Crippen LogP contribution in [-0.2, 0) is 4.79 Å². The zero-order chi connectivity index (χ0) is 21.8. The Bertz CT molecular complexity index is 1150. The second kappa shape index (κ2) is 8.97. The quantitative estimate of drug-likeness (QED) is 0.432. The van der Waals surface area contributed by atoms with E-state index in [9.17, 15) is 14.4 Å². The molecule has 1 atom stereocenters. The molecule has 1 fully saturated rings. The summed E-state index contributed by atoms with van der Waals surface area (Å²) in [6, 6.07) is 19.0. The number of amides is 2. The molecule has 0 saturated carbocycles. The second-order valence-corrected chi connectivity index (χ2v) is 7.93. The molecule has 3 aromatic rings. The maximum Gasteiger partial charge on any atom is 0.294 e. The Kier molecular flexibility index (Phi) is 5.95. The van der Waals surface area contributed by atoms with Crippen molar-refractivity contribution in [2.24, 2.45) is 0 Å². The number of aromatic nitrogens is 1. The number of hydrogen-bond donors (Lipinski definition) is 1. The number of rotatable bonds is 6. The van der Waals surface area contributed by atoms with Crippen molar-refractivity contribution in [2.75, 3.05) is 5.32 Å². The molecule has 4 rings (SSSR count). The van der Waals surface area contributed by atoms with Crippen LogP contribution in [0.4, 0.5) is 16.2 Å². The number of anilines is 2. The van der Waals surface area contributed by atoms with E-state index in [1.165, 1.54) is 0 Å². The van der Waals surface area contributed by atoms with Crippen molar-refractivity contribution in [1.29, 1.82) is 0 Å². The minimum absolute atomic E-state index is 0.293. The van der Waals surface area contributed by atoms with Crippen molar-refractivity contribution in [3.8, 4) is 0 Å². The van der Waals surface area contributed by atoms with Crippen LogP contribution in [0.2, 0.25) is 0 Å². The van der Waals surface area contributed by atoms with Crippen LogP contribution in [0.3, 0.4) is 0 Å². The maximum absolute atomic E-state index is 13.0. The highest BCUT2D eigenvalue weighted by Crippen LogP contribution is 2.34. The van der Waals surface area contributed by atoms with E-state index in [0.717, 1.165) is 33.6 Å². The Hall–Kier alpha value is -3.71. The lowest BCUT2D eigenvalue weighted by Crippen LogP contribution is -2.41. The van der Waals surface area contributed by atoms with Gasteiger partial charge >= 0.3 is 0 Å². The highest BCUT2D eigenvalue weighted by molar-refractivity contribution is 8.18. The lowest BCUT2D eigenvalue weighted by Gasteiger charge is -2.20. The van der Waals surface area contributed by atoms with Gasteiger partial charge in [-0.05, 0) is 66.7 Å². The highest BCUT2D eigenvalue weighted by Gasteiger charge is 2.40. The van der Waals surface area contributed by atoms with Gasteiger partial charge in [0, 0.05) is 29.3 Å². The van der Waals surface area contributed by atoms with Crippen molar-refractivity contribution >= 4 is 46.1 Å². The number of carbonyl (C=O) groups is 3. The molecule has 1 unspecified atom stereocenters. The first kappa shape index (κ1) is 20.6. The van der Waals surface area contributed by atoms with E-state index < -0.39 is 17.2 Å². The first-order valence-electron chi connectivity index (χ1n) is 9.66. The number of nitrogens with one attached hydrogen (secondary N) is 1. The van der Waals surface area contributed by atoms with Gasteiger partial charge in [0.15, 0.2) is 5.78 Å². The van der Waals surface area contributed by atoms with E-state index in [-0.39, 0.29) is 5.78 Å². The van der Waals surface area contributed by atoms with Crippen LogP contribution in [0.15, 0.2) is 84.0 Å². The number of hydrogen-bond acceptors (Lipinski definition) is 6. The van der Waals surface area contributed by atoms with Crippen LogP contribution in [0.25, 0.3) is 6.08 Å². The van der Waals surface area contributed by atoms with Gasteiger partial charge in [-0.2, -0.15) is 0 Å². The summed E-state index contributed by atoms with van der Waals surface area (Å²) in [7, 11) is 0. The van der Waals surface area contributed by atoms with Gasteiger partial charge in [-0.3, -0.25) is 24.3 Å². The molecule has 1 N–H and O–H groups in total. The first-order valence-corrected chi connectivity index (χ1v) is 10.5. The van der Waals surface area contributed by atoms with Gasteiger partial charge in [0.2, 0.25) is 0 Å². The minimum Gasteiger partial charge on any atom is -0.355 e. The SMILES string of the molecule is CC(C(=O)c1ccc(Nc2ccncc2)cc1)N1C(=O)SC(=Cc2ccccc2)C1=O. The summed E-state index contributed by atoms with van der Waals surface area (Å²) < 4.78 is 0. The van der Waals surface area contributed by atoms with E-state index in [1.807, 2.05) is 42.5 Å². The number of imide groups is 1. The Balaban J connectivity index is 1.48. The van der Waals surface area contributed by atoms with Gasteiger partial charge in [0.05, 0.1) is 4.91 Å². The summed E-state index contributed by atoms with van der Waals surface area (Å²) in [5, 5.41) is 2.78. The average molecular weight is 430 g/mol. The van der Waals surface area contributed by atoms with Gasteiger partial charge in [0.25, 0.3) is 11.1 Å². The van der Waals surface area contributed by atoms with Crippen LogP contribution >= 0.6 is 11.8 Å². The summed E-state index contributed by atoms with van der Waals surface area (Å²) in [6.45, 7) is 1.58. The number of pyridine rings is 1. The Labute approximate surface area is 184 Å². The lowest BCUT2D eigenvalue weighted by atomic mass is 10.0. The maximum atomic E-state index is 13.0. The molecule has 6 nitrogen and oxygen atoms in total. The summed E-state index contributed by atoms with van der Waals surface area (Å²) in [5.74, 6) is -0.741. The molecule has 2 amide bonds. The van der Waals surface area contributed by atoms with Crippen molar-refractivity contribution in [3.63, 3.8) is 0 Å². The van der Waals surface area contributed by atoms with Crippen molar-refractivity contribution in [1.82, 2.24) is 9.88 Å². The second-order valence-electron chi connectivity index (χ2n) is 6.94. The monoisotopic (exact) mass is 429 g/mol. The third-order valence-corrected chi connectivity index (χ3v) is 5.71. The molecule has 0 radical (unpaired) electrons. The molecule has 1 aliphatic rings. The molecule has 0 aliphatic carbocycles. The van der Waals surface area contributed by atoms with E-state index in [2.05, 4.69) is 10.3 Å². The van der Waals surface area contributed by atoms with Gasteiger partial charge in [0.1, 0.15) is 6.04 Å². The number of benzene rings is 2. The van der Waals surface area contributed by atoms with Gasteiger partial charge < -0.3 is 5.32 Å². The first-order chi connectivity index (χ1) is 15.0. The summed E-state index contributed by atoms with van der Waals surface area (Å²) >= 11 is 0.852. The van der Waals surface area contributed by atoms with Crippen LogP contribution in [0.1, 0.15) is 22.8 Å². The van der Waals surface area contributed by atoms with Gasteiger partial charge in [-0.15, -0.1) is 0 Å². The third kappa shape index (κ3) is 4.57. The number of carbonyl (C=O) groups excluding carboxylic acids is 3. The van der Waals surface area contributed by atoms with Crippen LogP contribution in [-0.4, -0.2) is 32.9 Å². The van der Waals surface area contributed by atoms with Crippen molar-refractivity contribution < 1.29 is 14.4 Å². The molecule has 2 aromatic carbocycles. The standard InChI is InChI=1S/C24H19N3O3S/c1-16(27-23(29)21(31-24(27)30)15-17-5-3-2-4-6-17)22(28)18-7-9-19(10-8-18)26-20-11-13-25-14-12-20/h2-16H,1H3,(H,25,26). The summed E-state index contributed by atoms with van der Waals surface area (Å²) in [6.07, 6.45) is 5.04. The number of thioether (sulfide) groups is 1. The molecule has 1 saturated heterocycles. The fourth-order valence-electron chi connectivity index (χ4n) is 3.19. The predicted molar refractivity (Wildman–Crippen MR) is 122 cm³/mol. The predicted octanol–water partition coefficient (Wildman–Crippen LogP) is 5.13. The summed E-state index contributed by atoms with van der Waals surface area (Å²) in [4.78, 5) is 43.6. The molecular weight excluding hydrogens is 410 g/mol. The minimum atomic E-state index is -0.895. The zero-order valence-corrected chi connectivity index (χ0v) is 17.5. The molecule has 0 bridgehead atoms. The lowest BCUT2D eigenvalue weighted by molar-refractivity contribution is -0.123. The van der Waals surface area contributed by atoms with Crippen molar-refractivity contribution in [2.45, 2.75) is 13.0 Å². The Morgan fingerprint density at radius 2 is 1.61 bits per heavy atom. The van der Waals surface area contributed by atoms with E-state index in [1.54, 1.807) is 49.7 Å². The molecule has 2 heterocycles. The van der Waals surface area contributed by atoms with E-state index in [0.29, 0.717) is 10.5 Å². The van der Waals surface area contributed by atoms with Crippen LogP contribution in [0.5, 0.6) is 0 Å². The number of ketones is 1. The molecular formula is C24H19N3O3S. The molecule has 0 spiro atoms. The number of Topliss-reactive ketones (excluding diaryl/α,β-unsaturated/α-hetero) is 1. The fraction of sp³-hybridized carbons (Fsp3) is 0.0833. The fourth-order valence-corrected chi connectivity index (χ4v) is 4.10. The smallest absolute Gasteiger partial charge is 0.294 e. The molecule has 31 heavy (non-hydrogen) atoms. The molecule has 7 heteroatoms.